The highest BCUT2D eigenvalue weighted by molar-refractivity contribution is 7.80. The van der Waals surface area contributed by atoms with Gasteiger partial charge in [0.25, 0.3) is 5.69 Å². The Morgan fingerprint density at radius 3 is 2.50 bits per heavy atom. The molecule has 0 aliphatic rings. The van der Waals surface area contributed by atoms with E-state index >= 15 is 0 Å². The maximum atomic E-state index is 10.6. The molecule has 1 rings (SSSR count). The first kappa shape index (κ1) is 12.5. The van der Waals surface area contributed by atoms with Gasteiger partial charge in [-0.1, -0.05) is 0 Å². The maximum Gasteiger partial charge on any atom is 0.269 e. The van der Waals surface area contributed by atoms with Gasteiger partial charge in [0.05, 0.1) is 15.9 Å². The molecule has 0 amide bonds. The van der Waals surface area contributed by atoms with Crippen molar-refractivity contribution in [3.05, 3.63) is 34.4 Å². The number of benzene rings is 1. The van der Waals surface area contributed by atoms with Crippen molar-refractivity contribution in [2.75, 3.05) is 0 Å². The van der Waals surface area contributed by atoms with Gasteiger partial charge in [0.1, 0.15) is 0 Å². The lowest BCUT2D eigenvalue weighted by atomic mass is 10.3. The normalized spacial score (nSPS) is 14.9. The standard InChI is InChI=1S/C9H10N2O4S/c1-7(16(14)15)6-10-8-2-4-9(5-3-8)11(12)13/h2-7H,1H3,(H,14,15). The molecule has 0 fully saturated rings. The van der Waals surface area contributed by atoms with E-state index in [4.69, 9.17) is 4.55 Å². The van der Waals surface area contributed by atoms with Gasteiger partial charge >= 0.3 is 0 Å². The zero-order chi connectivity index (χ0) is 12.1. The summed E-state index contributed by atoms with van der Waals surface area (Å²) >= 11 is -1.95. The number of hydrogen-bond donors (Lipinski definition) is 1. The Kier molecular flexibility index (Phi) is 4.27. The van der Waals surface area contributed by atoms with E-state index in [0.29, 0.717) is 5.69 Å². The summed E-state index contributed by atoms with van der Waals surface area (Å²) < 4.78 is 19.3. The number of non-ortho nitro benzene ring substituents is 1. The molecule has 1 aromatic rings. The fraction of sp³-hybridized carbons (Fsp3) is 0.222. The summed E-state index contributed by atoms with van der Waals surface area (Å²) in [5.74, 6) is 0. The van der Waals surface area contributed by atoms with E-state index in [2.05, 4.69) is 4.99 Å². The van der Waals surface area contributed by atoms with Crippen LogP contribution < -0.4 is 0 Å². The largest absolute Gasteiger partial charge is 0.306 e. The molecule has 0 aliphatic carbocycles. The number of nitro groups is 1. The van der Waals surface area contributed by atoms with Crippen LogP contribution >= 0.6 is 0 Å². The highest BCUT2D eigenvalue weighted by atomic mass is 32.2. The van der Waals surface area contributed by atoms with Crippen LogP contribution in [-0.4, -0.2) is 25.1 Å². The van der Waals surface area contributed by atoms with Crippen LogP contribution in [0, 0.1) is 10.1 Å². The van der Waals surface area contributed by atoms with Crippen molar-refractivity contribution < 1.29 is 13.7 Å². The number of nitro benzene ring substituents is 1. The summed E-state index contributed by atoms with van der Waals surface area (Å²) in [6.07, 6.45) is 1.33. The van der Waals surface area contributed by atoms with Crippen LogP contribution in [0.4, 0.5) is 11.4 Å². The second kappa shape index (κ2) is 5.47. The third-order valence-corrected chi connectivity index (χ3v) is 2.57. The van der Waals surface area contributed by atoms with E-state index in [1.54, 1.807) is 6.92 Å². The Hall–Kier alpha value is -1.60. The van der Waals surface area contributed by atoms with Crippen LogP contribution in [0.5, 0.6) is 0 Å². The first-order valence-corrected chi connectivity index (χ1v) is 5.56. The highest BCUT2D eigenvalue weighted by Gasteiger charge is 2.05. The van der Waals surface area contributed by atoms with Crippen molar-refractivity contribution in [1.82, 2.24) is 0 Å². The summed E-state index contributed by atoms with van der Waals surface area (Å²) in [5.41, 5.74) is 0.487. The van der Waals surface area contributed by atoms with Crippen LogP contribution in [-0.2, 0) is 11.1 Å². The molecule has 7 heteroatoms. The van der Waals surface area contributed by atoms with E-state index in [0.717, 1.165) is 0 Å². The number of aliphatic imine (C=N–C) groups is 1. The van der Waals surface area contributed by atoms with Gasteiger partial charge in [0.15, 0.2) is 11.1 Å². The van der Waals surface area contributed by atoms with E-state index in [9.17, 15) is 14.3 Å². The van der Waals surface area contributed by atoms with Crippen LogP contribution in [0.2, 0.25) is 0 Å². The lowest BCUT2D eigenvalue weighted by molar-refractivity contribution is -0.384. The average Bonchev–Trinajstić information content (AvgIpc) is 2.26. The summed E-state index contributed by atoms with van der Waals surface area (Å²) in [7, 11) is 0. The highest BCUT2D eigenvalue weighted by Crippen LogP contribution is 2.17. The van der Waals surface area contributed by atoms with Crippen molar-refractivity contribution in [2.45, 2.75) is 12.2 Å². The molecule has 1 aromatic carbocycles. The van der Waals surface area contributed by atoms with Gasteiger partial charge < -0.3 is 4.55 Å². The van der Waals surface area contributed by atoms with Gasteiger partial charge in [-0.05, 0) is 19.1 Å². The molecule has 0 saturated heterocycles. The van der Waals surface area contributed by atoms with Crippen molar-refractivity contribution in [3.8, 4) is 0 Å². The molecule has 2 unspecified atom stereocenters. The smallest absolute Gasteiger partial charge is 0.269 e. The van der Waals surface area contributed by atoms with Crippen molar-refractivity contribution in [3.63, 3.8) is 0 Å². The minimum Gasteiger partial charge on any atom is -0.306 e. The molecule has 0 radical (unpaired) electrons. The first-order chi connectivity index (χ1) is 7.50. The minimum absolute atomic E-state index is 0.0160. The number of rotatable bonds is 4. The zero-order valence-electron chi connectivity index (χ0n) is 8.44. The summed E-state index contributed by atoms with van der Waals surface area (Å²) in [6, 6.07) is 5.60. The van der Waals surface area contributed by atoms with Gasteiger partial charge in [-0.3, -0.25) is 15.1 Å². The Morgan fingerprint density at radius 2 is 2.06 bits per heavy atom. The number of hydrogen-bond acceptors (Lipinski definition) is 4. The fourth-order valence-corrected chi connectivity index (χ4v) is 1.07. The minimum atomic E-state index is -1.95. The maximum absolute atomic E-state index is 10.6. The van der Waals surface area contributed by atoms with Crippen molar-refractivity contribution >= 4 is 28.7 Å². The monoisotopic (exact) mass is 242 g/mol. The van der Waals surface area contributed by atoms with E-state index in [-0.39, 0.29) is 5.69 Å². The van der Waals surface area contributed by atoms with Gasteiger partial charge in [0.2, 0.25) is 0 Å². The lowest BCUT2D eigenvalue weighted by Gasteiger charge is -1.98. The summed E-state index contributed by atoms with van der Waals surface area (Å²) in [4.78, 5) is 13.8. The topological polar surface area (TPSA) is 92.8 Å². The molecule has 6 nitrogen and oxygen atoms in total. The first-order valence-electron chi connectivity index (χ1n) is 4.39. The molecule has 0 aliphatic heterocycles. The third kappa shape index (κ3) is 3.52. The third-order valence-electron chi connectivity index (χ3n) is 1.81. The molecular formula is C9H10N2O4S. The molecule has 0 aromatic heterocycles. The van der Waals surface area contributed by atoms with E-state index in [1.165, 1.54) is 30.5 Å². The van der Waals surface area contributed by atoms with Gasteiger partial charge in [0, 0.05) is 18.3 Å². The van der Waals surface area contributed by atoms with Gasteiger partial charge in [-0.15, -0.1) is 0 Å². The molecule has 1 N–H and O–H groups in total. The van der Waals surface area contributed by atoms with Crippen LogP contribution in [0.25, 0.3) is 0 Å². The SMILES string of the molecule is CC(C=Nc1ccc([N+](=O)[O-])cc1)S(=O)O. The average molecular weight is 242 g/mol. The second-order valence-electron chi connectivity index (χ2n) is 3.03. The van der Waals surface area contributed by atoms with Crippen molar-refractivity contribution in [1.29, 1.82) is 0 Å². The Bertz CT molecular complexity index is 430. The van der Waals surface area contributed by atoms with E-state index < -0.39 is 21.3 Å². The molecular weight excluding hydrogens is 232 g/mol. The molecule has 2 atom stereocenters. The molecule has 86 valence electrons. The van der Waals surface area contributed by atoms with Crippen LogP contribution in [0.15, 0.2) is 29.3 Å². The van der Waals surface area contributed by atoms with Gasteiger partial charge in [-0.25, -0.2) is 4.21 Å². The Balaban J connectivity index is 2.76. The van der Waals surface area contributed by atoms with E-state index in [1.807, 2.05) is 0 Å². The molecule has 0 bridgehead atoms. The quantitative estimate of drug-likeness (QED) is 0.377. The molecule has 0 heterocycles. The fourth-order valence-electron chi connectivity index (χ4n) is 0.904. The molecule has 0 spiro atoms. The van der Waals surface area contributed by atoms with Gasteiger partial charge in [-0.2, -0.15) is 0 Å². The Morgan fingerprint density at radius 1 is 1.50 bits per heavy atom. The Labute approximate surface area is 94.5 Å². The molecule has 0 saturated carbocycles. The van der Waals surface area contributed by atoms with Crippen molar-refractivity contribution in [2.24, 2.45) is 4.99 Å². The summed E-state index contributed by atoms with van der Waals surface area (Å²) in [5, 5.41) is 9.79. The predicted octanol–water partition coefficient (Wildman–Crippen LogP) is 1.91. The lowest BCUT2D eigenvalue weighted by Crippen LogP contribution is -2.10. The predicted molar refractivity (Wildman–Crippen MR) is 61.5 cm³/mol. The zero-order valence-corrected chi connectivity index (χ0v) is 9.26. The van der Waals surface area contributed by atoms with Crippen LogP contribution in [0.3, 0.4) is 0 Å². The van der Waals surface area contributed by atoms with Crippen LogP contribution in [0.1, 0.15) is 6.92 Å². The summed E-state index contributed by atoms with van der Waals surface area (Å²) in [6.45, 7) is 1.55. The number of nitrogens with zero attached hydrogens (tertiary/aromatic N) is 2. The molecule has 16 heavy (non-hydrogen) atoms. The second-order valence-corrected chi connectivity index (χ2v) is 4.33.